The Morgan fingerprint density at radius 3 is 2.45 bits per heavy atom. The zero-order valence-electron chi connectivity index (χ0n) is 11.2. The smallest absolute Gasteiger partial charge is 0.263 e. The van der Waals surface area contributed by atoms with Crippen molar-refractivity contribution < 1.29 is 4.79 Å². The summed E-state index contributed by atoms with van der Waals surface area (Å²) in [5, 5.41) is 0. The lowest BCUT2D eigenvalue weighted by Crippen LogP contribution is -2.44. The number of hydrogen-bond donors (Lipinski definition) is 0. The van der Waals surface area contributed by atoms with Gasteiger partial charge in [-0.15, -0.1) is 0 Å². The predicted molar refractivity (Wildman–Crippen MR) is 76.8 cm³/mol. The minimum atomic E-state index is -0.215. The molecule has 1 aromatic carbocycles. The summed E-state index contributed by atoms with van der Waals surface area (Å²) < 4.78 is 1.59. The van der Waals surface area contributed by atoms with Gasteiger partial charge >= 0.3 is 0 Å². The Kier molecular flexibility index (Phi) is 3.37. The lowest BCUT2D eigenvalue weighted by atomic mass is 10.1. The van der Waals surface area contributed by atoms with Gasteiger partial charge in [0.25, 0.3) is 11.5 Å². The molecule has 102 valence electrons. The Bertz CT molecular complexity index is 672. The molecule has 1 saturated heterocycles. The Labute approximate surface area is 117 Å². The molecule has 1 fully saturated rings. The van der Waals surface area contributed by atoms with Crippen LogP contribution in [0.3, 0.4) is 0 Å². The summed E-state index contributed by atoms with van der Waals surface area (Å²) in [5.74, 6) is -0.149. The van der Waals surface area contributed by atoms with Crippen molar-refractivity contribution in [1.82, 2.24) is 9.47 Å². The van der Waals surface area contributed by atoms with Gasteiger partial charge in [0.15, 0.2) is 0 Å². The second-order valence-corrected chi connectivity index (χ2v) is 4.99. The number of pyridine rings is 1. The maximum absolute atomic E-state index is 12.4. The van der Waals surface area contributed by atoms with E-state index < -0.39 is 0 Å². The molecule has 3 rings (SSSR count). The van der Waals surface area contributed by atoms with Gasteiger partial charge in [0, 0.05) is 19.3 Å². The third kappa shape index (κ3) is 2.37. The van der Waals surface area contributed by atoms with Gasteiger partial charge in [-0.05, 0) is 24.1 Å². The van der Waals surface area contributed by atoms with Crippen molar-refractivity contribution in [2.75, 3.05) is 13.1 Å². The molecule has 2 aromatic rings. The van der Waals surface area contributed by atoms with E-state index in [0.29, 0.717) is 6.54 Å². The molecule has 0 aliphatic carbocycles. The summed E-state index contributed by atoms with van der Waals surface area (Å²) >= 11 is 0. The number of nitrogens with zero attached hydrogens (tertiary/aromatic N) is 2. The first-order valence-electron chi connectivity index (χ1n) is 6.78. The highest BCUT2D eigenvalue weighted by Crippen LogP contribution is 2.10. The number of amides is 1. The van der Waals surface area contributed by atoms with E-state index in [1.54, 1.807) is 27.8 Å². The first kappa shape index (κ1) is 12.7. The predicted octanol–water partition coefficient (Wildman–Crippen LogP) is 1.74. The van der Waals surface area contributed by atoms with E-state index in [-0.39, 0.29) is 17.0 Å². The monoisotopic (exact) mass is 268 g/mol. The fourth-order valence-corrected chi connectivity index (χ4v) is 2.29. The highest BCUT2D eigenvalue weighted by molar-refractivity contribution is 5.94. The number of aromatic nitrogens is 1. The molecular formula is C16H16N2O2. The van der Waals surface area contributed by atoms with Crippen LogP contribution in [0, 0.1) is 0 Å². The van der Waals surface area contributed by atoms with Crippen LogP contribution in [-0.4, -0.2) is 28.5 Å². The van der Waals surface area contributed by atoms with E-state index in [2.05, 4.69) is 0 Å². The quantitative estimate of drug-likeness (QED) is 0.851. The Morgan fingerprint density at radius 2 is 1.80 bits per heavy atom. The number of hydrogen-bond acceptors (Lipinski definition) is 2. The van der Waals surface area contributed by atoms with E-state index in [0.717, 1.165) is 25.1 Å². The van der Waals surface area contributed by atoms with Crippen molar-refractivity contribution in [2.24, 2.45) is 0 Å². The van der Waals surface area contributed by atoms with Crippen molar-refractivity contribution in [1.29, 1.82) is 0 Å². The molecule has 0 N–H and O–H groups in total. The largest absolute Gasteiger partial charge is 0.338 e. The number of benzene rings is 1. The average Bonchev–Trinajstić information content (AvgIpc) is 2.40. The van der Waals surface area contributed by atoms with Gasteiger partial charge in [-0.1, -0.05) is 30.3 Å². The summed E-state index contributed by atoms with van der Waals surface area (Å²) in [6, 6.07) is 13.1. The second kappa shape index (κ2) is 5.33. The van der Waals surface area contributed by atoms with Crippen LogP contribution in [0.5, 0.6) is 0 Å². The van der Waals surface area contributed by atoms with Crippen LogP contribution in [0.2, 0.25) is 0 Å². The fraction of sp³-hybridized carbons (Fsp3) is 0.250. The molecule has 2 heterocycles. The fourth-order valence-electron chi connectivity index (χ4n) is 2.29. The Hall–Kier alpha value is -2.36. The molecule has 0 radical (unpaired) electrons. The number of likely N-dealkylation sites (tertiary alicyclic amines) is 1. The third-order valence-corrected chi connectivity index (χ3v) is 3.59. The SMILES string of the molecule is O=C(c1cccn(Cc2ccccc2)c1=O)N1CCC1. The summed E-state index contributed by atoms with van der Waals surface area (Å²) in [7, 11) is 0. The molecule has 0 saturated carbocycles. The van der Waals surface area contributed by atoms with Gasteiger partial charge in [-0.25, -0.2) is 0 Å². The molecule has 1 aliphatic rings. The first-order valence-corrected chi connectivity index (χ1v) is 6.78. The average molecular weight is 268 g/mol. The van der Waals surface area contributed by atoms with Crippen LogP contribution in [0.4, 0.5) is 0 Å². The number of carbonyl (C=O) groups is 1. The zero-order chi connectivity index (χ0) is 13.9. The summed E-state index contributed by atoms with van der Waals surface area (Å²) in [6.45, 7) is 2.00. The maximum atomic E-state index is 12.4. The molecule has 1 aliphatic heterocycles. The van der Waals surface area contributed by atoms with Gasteiger partial charge in [0.2, 0.25) is 0 Å². The van der Waals surface area contributed by atoms with Crippen LogP contribution in [0.1, 0.15) is 22.3 Å². The van der Waals surface area contributed by atoms with Crippen LogP contribution in [-0.2, 0) is 6.54 Å². The molecule has 0 atom stereocenters. The lowest BCUT2D eigenvalue weighted by Gasteiger charge is -2.30. The normalized spacial score (nSPS) is 13.9. The van der Waals surface area contributed by atoms with Crippen LogP contribution < -0.4 is 5.56 Å². The second-order valence-electron chi connectivity index (χ2n) is 4.99. The van der Waals surface area contributed by atoms with E-state index in [1.165, 1.54) is 0 Å². The summed E-state index contributed by atoms with van der Waals surface area (Å²) in [5.41, 5.74) is 1.10. The molecule has 4 heteroatoms. The highest BCUT2D eigenvalue weighted by Gasteiger charge is 2.24. The Morgan fingerprint density at radius 1 is 1.05 bits per heavy atom. The van der Waals surface area contributed by atoms with Crippen LogP contribution >= 0.6 is 0 Å². The molecular weight excluding hydrogens is 252 g/mol. The first-order chi connectivity index (χ1) is 9.75. The van der Waals surface area contributed by atoms with Gasteiger partial charge in [0.1, 0.15) is 5.56 Å². The van der Waals surface area contributed by atoms with Crippen molar-refractivity contribution in [3.05, 3.63) is 70.1 Å². The molecule has 0 spiro atoms. The molecule has 0 unspecified atom stereocenters. The van der Waals surface area contributed by atoms with Gasteiger partial charge in [-0.2, -0.15) is 0 Å². The molecule has 4 nitrogen and oxygen atoms in total. The summed E-state index contributed by atoms with van der Waals surface area (Å²) in [4.78, 5) is 26.3. The minimum absolute atomic E-state index is 0.149. The maximum Gasteiger partial charge on any atom is 0.263 e. The van der Waals surface area contributed by atoms with Crippen molar-refractivity contribution in [3.63, 3.8) is 0 Å². The van der Waals surface area contributed by atoms with Crippen LogP contribution in [0.15, 0.2) is 53.5 Å². The lowest BCUT2D eigenvalue weighted by molar-refractivity contribution is 0.0649. The van der Waals surface area contributed by atoms with E-state index in [9.17, 15) is 9.59 Å². The molecule has 1 aromatic heterocycles. The number of rotatable bonds is 3. The summed E-state index contributed by atoms with van der Waals surface area (Å²) in [6.07, 6.45) is 2.75. The highest BCUT2D eigenvalue weighted by atomic mass is 16.2. The topological polar surface area (TPSA) is 42.3 Å². The van der Waals surface area contributed by atoms with Crippen molar-refractivity contribution in [3.8, 4) is 0 Å². The van der Waals surface area contributed by atoms with Gasteiger partial charge in [-0.3, -0.25) is 9.59 Å². The van der Waals surface area contributed by atoms with Crippen LogP contribution in [0.25, 0.3) is 0 Å². The van der Waals surface area contributed by atoms with Crippen molar-refractivity contribution in [2.45, 2.75) is 13.0 Å². The third-order valence-electron chi connectivity index (χ3n) is 3.59. The standard InChI is InChI=1S/C16H16N2O2/c19-15(17-10-5-11-17)14-8-4-9-18(16(14)20)12-13-6-2-1-3-7-13/h1-4,6-9H,5,10-12H2. The van der Waals surface area contributed by atoms with Gasteiger partial charge < -0.3 is 9.47 Å². The number of carbonyl (C=O) groups excluding carboxylic acids is 1. The van der Waals surface area contributed by atoms with Gasteiger partial charge in [0.05, 0.1) is 6.54 Å². The van der Waals surface area contributed by atoms with E-state index in [1.807, 2.05) is 30.3 Å². The van der Waals surface area contributed by atoms with E-state index >= 15 is 0 Å². The van der Waals surface area contributed by atoms with E-state index in [4.69, 9.17) is 0 Å². The Balaban J connectivity index is 1.89. The minimum Gasteiger partial charge on any atom is -0.338 e. The molecule has 20 heavy (non-hydrogen) atoms. The zero-order valence-corrected chi connectivity index (χ0v) is 11.2. The molecule has 1 amide bonds. The molecule has 0 bridgehead atoms. The van der Waals surface area contributed by atoms with Crippen molar-refractivity contribution >= 4 is 5.91 Å².